The molecule has 1 saturated carbocycles. The minimum Gasteiger partial charge on any atom is -0.334 e. The Kier molecular flexibility index (Phi) is 5.30. The number of hydrogen-bond donors (Lipinski definition) is 2. The number of hydrogen-bond acceptors (Lipinski definition) is 6. The molecule has 3 rings (SSSR count). The van der Waals surface area contributed by atoms with Crippen LogP contribution in [-0.2, 0) is 15.6 Å². The van der Waals surface area contributed by atoms with E-state index in [2.05, 4.69) is 14.9 Å². The molecule has 0 unspecified atom stereocenters. The van der Waals surface area contributed by atoms with Gasteiger partial charge in [-0.1, -0.05) is 5.16 Å². The third-order valence-electron chi connectivity index (χ3n) is 3.97. The predicted octanol–water partition coefficient (Wildman–Crippen LogP) is 2.57. The summed E-state index contributed by atoms with van der Waals surface area (Å²) in [4.78, 5) is 4.55. The van der Waals surface area contributed by atoms with Gasteiger partial charge in [0.15, 0.2) is 5.82 Å². The topological polar surface area (TPSA) is 111 Å². The molecule has 1 fully saturated rings. The molecule has 0 aliphatic heterocycles. The Balaban J connectivity index is 0.00000225. The molecule has 2 aromatic rings. The van der Waals surface area contributed by atoms with Gasteiger partial charge in [0, 0.05) is 11.1 Å². The Bertz CT molecular complexity index is 837. The van der Waals surface area contributed by atoms with E-state index in [0.29, 0.717) is 17.3 Å². The molecule has 0 bridgehead atoms. The zero-order chi connectivity index (χ0) is 17.6. The van der Waals surface area contributed by atoms with E-state index in [1.165, 1.54) is 12.1 Å². The molecular weight excluding hydrogens is 364 g/mol. The monoisotopic (exact) mass is 386 g/mol. The van der Waals surface area contributed by atoms with Crippen molar-refractivity contribution in [2.75, 3.05) is 0 Å². The fourth-order valence-corrected chi connectivity index (χ4v) is 3.98. The fourth-order valence-electron chi connectivity index (χ4n) is 2.56. The van der Waals surface area contributed by atoms with Crippen LogP contribution in [0.3, 0.4) is 0 Å². The van der Waals surface area contributed by atoms with Crippen molar-refractivity contribution in [1.29, 1.82) is 0 Å². The van der Waals surface area contributed by atoms with Crippen molar-refractivity contribution in [3.63, 3.8) is 0 Å². The minimum atomic E-state index is -3.57. The van der Waals surface area contributed by atoms with Gasteiger partial charge >= 0.3 is 0 Å². The molecule has 1 aliphatic carbocycles. The first kappa shape index (κ1) is 19.8. The third kappa shape index (κ3) is 4.20. The van der Waals surface area contributed by atoms with Crippen LogP contribution < -0.4 is 10.5 Å². The minimum absolute atomic E-state index is 0. The predicted molar refractivity (Wildman–Crippen MR) is 96.8 cm³/mol. The van der Waals surface area contributed by atoms with Gasteiger partial charge in [-0.05, 0) is 64.3 Å². The molecule has 25 heavy (non-hydrogen) atoms. The van der Waals surface area contributed by atoms with Crippen LogP contribution >= 0.6 is 12.4 Å². The molecule has 138 valence electrons. The number of rotatable bonds is 4. The summed E-state index contributed by atoms with van der Waals surface area (Å²) in [6.45, 7) is 5.38. The summed E-state index contributed by atoms with van der Waals surface area (Å²) in [7, 11) is -3.57. The highest BCUT2D eigenvalue weighted by Crippen LogP contribution is 2.37. The van der Waals surface area contributed by atoms with E-state index in [0.717, 1.165) is 19.3 Å². The zero-order valence-electron chi connectivity index (χ0n) is 14.4. The summed E-state index contributed by atoms with van der Waals surface area (Å²) in [5, 5.41) is 3.96. The van der Waals surface area contributed by atoms with Crippen LogP contribution in [0, 0.1) is 0 Å². The average Bonchev–Trinajstić information content (AvgIpc) is 2.92. The van der Waals surface area contributed by atoms with E-state index >= 15 is 0 Å². The molecule has 1 aromatic heterocycles. The Labute approximate surface area is 153 Å². The lowest BCUT2D eigenvalue weighted by Crippen LogP contribution is -2.44. The van der Waals surface area contributed by atoms with Crippen molar-refractivity contribution in [2.45, 2.75) is 56.0 Å². The van der Waals surface area contributed by atoms with Crippen molar-refractivity contribution < 1.29 is 12.9 Å². The maximum atomic E-state index is 12.3. The van der Waals surface area contributed by atoms with Crippen LogP contribution in [0.1, 0.15) is 45.9 Å². The molecule has 0 radical (unpaired) electrons. The smallest absolute Gasteiger partial charge is 0.257 e. The summed E-state index contributed by atoms with van der Waals surface area (Å²) in [5.41, 5.74) is 5.81. The maximum Gasteiger partial charge on any atom is 0.257 e. The lowest BCUT2D eigenvalue weighted by molar-refractivity contribution is 0.229. The largest absolute Gasteiger partial charge is 0.334 e. The third-order valence-corrected chi connectivity index (χ3v) is 5.74. The Hall–Kier alpha value is -1.48. The van der Waals surface area contributed by atoms with Crippen LogP contribution in [0.2, 0.25) is 0 Å². The van der Waals surface area contributed by atoms with Gasteiger partial charge < -0.3 is 10.3 Å². The van der Waals surface area contributed by atoms with Crippen molar-refractivity contribution in [2.24, 2.45) is 5.73 Å². The lowest BCUT2D eigenvalue weighted by Gasteiger charge is -2.34. The molecular formula is C16H23ClN4O3S. The van der Waals surface area contributed by atoms with Gasteiger partial charge in [-0.25, -0.2) is 13.1 Å². The van der Waals surface area contributed by atoms with Crippen LogP contribution in [0.5, 0.6) is 0 Å². The van der Waals surface area contributed by atoms with E-state index < -0.39 is 21.1 Å². The molecule has 1 aliphatic rings. The molecule has 0 amide bonds. The second-order valence-electron chi connectivity index (χ2n) is 7.31. The van der Waals surface area contributed by atoms with Gasteiger partial charge in [-0.15, -0.1) is 12.4 Å². The first-order chi connectivity index (χ1) is 11.1. The second kappa shape index (κ2) is 6.68. The highest BCUT2D eigenvalue weighted by Gasteiger charge is 2.39. The molecule has 7 nitrogen and oxygen atoms in total. The summed E-state index contributed by atoms with van der Waals surface area (Å²) < 4.78 is 32.5. The Morgan fingerprint density at radius 3 is 2.28 bits per heavy atom. The first-order valence-electron chi connectivity index (χ1n) is 7.87. The van der Waals surface area contributed by atoms with Crippen LogP contribution in [0.15, 0.2) is 33.7 Å². The number of benzene rings is 1. The van der Waals surface area contributed by atoms with Gasteiger partial charge in [0.05, 0.1) is 10.4 Å². The van der Waals surface area contributed by atoms with Gasteiger partial charge in [-0.3, -0.25) is 0 Å². The molecule has 0 spiro atoms. The first-order valence-corrected chi connectivity index (χ1v) is 9.35. The molecule has 1 heterocycles. The van der Waals surface area contributed by atoms with Crippen LogP contribution in [0.4, 0.5) is 0 Å². The molecule has 9 heteroatoms. The normalized spacial score (nSPS) is 16.8. The zero-order valence-corrected chi connectivity index (χ0v) is 16.1. The van der Waals surface area contributed by atoms with Gasteiger partial charge in [0.1, 0.15) is 0 Å². The van der Waals surface area contributed by atoms with E-state index in [4.69, 9.17) is 10.3 Å². The molecule has 3 N–H and O–H groups in total. The highest BCUT2D eigenvalue weighted by molar-refractivity contribution is 7.89. The lowest BCUT2D eigenvalue weighted by atomic mass is 9.77. The standard InChI is InChI=1S/C16H22N4O3S.ClH/c1-15(2,3)20-24(21,22)12-7-5-11(6-8-12)13-18-14(19-23-13)16(17)9-4-10-16;/h5-8,20H,4,9-10,17H2,1-3H3;1H. The Morgan fingerprint density at radius 1 is 1.20 bits per heavy atom. The maximum absolute atomic E-state index is 12.3. The summed E-state index contributed by atoms with van der Waals surface area (Å²) >= 11 is 0. The quantitative estimate of drug-likeness (QED) is 0.835. The van der Waals surface area contributed by atoms with Crippen LogP contribution in [0.25, 0.3) is 11.5 Å². The van der Waals surface area contributed by atoms with E-state index in [1.54, 1.807) is 32.9 Å². The van der Waals surface area contributed by atoms with Crippen molar-refractivity contribution in [1.82, 2.24) is 14.9 Å². The summed E-state index contributed by atoms with van der Waals surface area (Å²) in [5.74, 6) is 0.851. The van der Waals surface area contributed by atoms with Gasteiger partial charge in [0.2, 0.25) is 10.0 Å². The number of nitrogens with zero attached hydrogens (tertiary/aromatic N) is 2. The number of halogens is 1. The number of nitrogens with two attached hydrogens (primary N) is 1. The Morgan fingerprint density at radius 2 is 1.80 bits per heavy atom. The second-order valence-corrected chi connectivity index (χ2v) is 9.00. The van der Waals surface area contributed by atoms with Gasteiger partial charge in [0.25, 0.3) is 5.89 Å². The molecule has 1 aromatic carbocycles. The average molecular weight is 387 g/mol. The van der Waals surface area contributed by atoms with E-state index in [-0.39, 0.29) is 17.3 Å². The SMILES string of the molecule is CC(C)(C)NS(=O)(=O)c1ccc(-c2nc(C3(N)CCC3)no2)cc1.Cl. The van der Waals surface area contributed by atoms with Gasteiger partial charge in [-0.2, -0.15) is 4.98 Å². The number of sulfonamides is 1. The highest BCUT2D eigenvalue weighted by atomic mass is 35.5. The van der Waals surface area contributed by atoms with E-state index in [9.17, 15) is 8.42 Å². The molecule has 0 atom stereocenters. The van der Waals surface area contributed by atoms with Crippen LogP contribution in [-0.4, -0.2) is 24.1 Å². The van der Waals surface area contributed by atoms with Crippen molar-refractivity contribution in [3.8, 4) is 11.5 Å². The number of aromatic nitrogens is 2. The van der Waals surface area contributed by atoms with E-state index in [1.807, 2.05) is 0 Å². The fraction of sp³-hybridized carbons (Fsp3) is 0.500. The summed E-state index contributed by atoms with van der Waals surface area (Å²) in [6.07, 6.45) is 2.76. The number of nitrogens with one attached hydrogen (secondary N) is 1. The van der Waals surface area contributed by atoms with Crippen molar-refractivity contribution >= 4 is 22.4 Å². The molecule has 0 saturated heterocycles. The van der Waals surface area contributed by atoms with Crippen molar-refractivity contribution in [3.05, 3.63) is 30.1 Å². The summed E-state index contributed by atoms with van der Waals surface area (Å²) in [6, 6.07) is 6.35.